The summed E-state index contributed by atoms with van der Waals surface area (Å²) >= 11 is 7.13. The highest BCUT2D eigenvalue weighted by Crippen LogP contribution is 2.27. The van der Waals surface area contributed by atoms with Gasteiger partial charge < -0.3 is 5.73 Å². The number of aryl methyl sites for hydroxylation is 1. The molecule has 2 heterocycles. The zero-order valence-electron chi connectivity index (χ0n) is 16.6. The molecule has 154 valence electrons. The minimum Gasteiger partial charge on any atom is -0.365 e. The lowest BCUT2D eigenvalue weighted by atomic mass is 10.1. The molecule has 0 aliphatic rings. The first kappa shape index (κ1) is 20.8. The number of aromatic nitrogens is 2. The smallest absolute Gasteiger partial charge is 0.262 e. The molecular weight excluding hydrogens is 432 g/mol. The Balaban J connectivity index is 1.91. The average molecular weight is 449 g/mol. The molecule has 8 heteroatoms. The number of nitrogens with zero attached hydrogens (tertiary/aromatic N) is 3. The minimum absolute atomic E-state index is 0.238. The van der Waals surface area contributed by atoms with E-state index in [4.69, 9.17) is 22.3 Å². The molecule has 6 nitrogen and oxygen atoms in total. The van der Waals surface area contributed by atoms with Crippen LogP contribution in [-0.2, 0) is 13.0 Å². The number of carbonyl (C=O) groups is 1. The molecule has 0 aliphatic carbocycles. The van der Waals surface area contributed by atoms with Crippen molar-refractivity contribution in [3.05, 3.63) is 96.9 Å². The highest BCUT2D eigenvalue weighted by molar-refractivity contribution is 7.20. The van der Waals surface area contributed by atoms with Crippen molar-refractivity contribution in [2.24, 2.45) is 5.73 Å². The normalized spacial score (nSPS) is 10.9. The van der Waals surface area contributed by atoms with E-state index in [1.54, 1.807) is 41.8 Å². The van der Waals surface area contributed by atoms with Gasteiger partial charge in [-0.15, -0.1) is 11.3 Å². The Labute approximate surface area is 187 Å². The summed E-state index contributed by atoms with van der Waals surface area (Å²) in [5.74, 6) is -0.0214. The number of nitriles is 1. The van der Waals surface area contributed by atoms with Crippen molar-refractivity contribution in [3.8, 4) is 6.07 Å². The third-order valence-electron chi connectivity index (χ3n) is 5.03. The summed E-state index contributed by atoms with van der Waals surface area (Å²) in [5.41, 5.74) is 8.06. The molecule has 2 aromatic heterocycles. The van der Waals surface area contributed by atoms with Gasteiger partial charge in [0, 0.05) is 11.4 Å². The van der Waals surface area contributed by atoms with Crippen LogP contribution >= 0.6 is 22.9 Å². The van der Waals surface area contributed by atoms with Crippen LogP contribution in [0.5, 0.6) is 0 Å². The number of primary amides is 1. The minimum atomic E-state index is -0.576. The summed E-state index contributed by atoms with van der Waals surface area (Å²) < 4.78 is 1.60. The Morgan fingerprint density at radius 3 is 2.65 bits per heavy atom. The Kier molecular flexibility index (Phi) is 5.59. The number of rotatable bonds is 5. The lowest BCUT2D eigenvalue weighted by Crippen LogP contribution is -2.26. The number of thiophene rings is 1. The largest absolute Gasteiger partial charge is 0.365 e. The lowest BCUT2D eigenvalue weighted by molar-refractivity contribution is 0.100. The maximum atomic E-state index is 13.5. The summed E-state index contributed by atoms with van der Waals surface area (Å²) in [4.78, 5) is 30.9. The van der Waals surface area contributed by atoms with E-state index in [9.17, 15) is 14.9 Å². The Morgan fingerprint density at radius 2 is 1.97 bits per heavy atom. The third kappa shape index (κ3) is 4.08. The monoisotopic (exact) mass is 448 g/mol. The molecule has 4 rings (SSSR count). The maximum Gasteiger partial charge on any atom is 0.262 e. The van der Waals surface area contributed by atoms with E-state index < -0.39 is 5.91 Å². The number of fused-ring (bicyclic) bond motifs is 1. The highest BCUT2D eigenvalue weighted by atomic mass is 35.5. The Morgan fingerprint density at radius 1 is 1.23 bits per heavy atom. The van der Waals surface area contributed by atoms with E-state index in [1.807, 2.05) is 18.2 Å². The Bertz CT molecular complexity index is 1410. The first-order valence-electron chi connectivity index (χ1n) is 9.43. The first-order chi connectivity index (χ1) is 14.9. The summed E-state index contributed by atoms with van der Waals surface area (Å²) in [6.07, 6.45) is 0.406. The van der Waals surface area contributed by atoms with Gasteiger partial charge in [0.25, 0.3) is 11.5 Å². The molecule has 0 fully saturated rings. The van der Waals surface area contributed by atoms with Gasteiger partial charge in [-0.3, -0.25) is 14.2 Å². The van der Waals surface area contributed by atoms with Crippen molar-refractivity contribution >= 4 is 39.1 Å². The molecule has 1 amide bonds. The molecule has 0 saturated carbocycles. The van der Waals surface area contributed by atoms with E-state index in [-0.39, 0.29) is 12.1 Å². The van der Waals surface area contributed by atoms with Gasteiger partial charge in [-0.25, -0.2) is 4.98 Å². The second-order valence-electron chi connectivity index (χ2n) is 7.14. The zero-order chi connectivity index (χ0) is 22.1. The van der Waals surface area contributed by atoms with Gasteiger partial charge in [0.15, 0.2) is 0 Å². The van der Waals surface area contributed by atoms with Crippen molar-refractivity contribution in [2.75, 3.05) is 0 Å². The third-order valence-corrected chi connectivity index (χ3v) is 6.48. The van der Waals surface area contributed by atoms with E-state index in [1.165, 1.54) is 0 Å². The molecule has 0 aliphatic heterocycles. The second kappa shape index (κ2) is 8.34. The quantitative estimate of drug-likeness (QED) is 0.498. The molecule has 2 aromatic carbocycles. The number of amides is 1. The van der Waals surface area contributed by atoms with Gasteiger partial charge in [-0.05, 0) is 47.9 Å². The van der Waals surface area contributed by atoms with Gasteiger partial charge in [-0.2, -0.15) is 5.26 Å². The van der Waals surface area contributed by atoms with E-state index in [2.05, 4.69) is 6.07 Å². The van der Waals surface area contributed by atoms with Crippen molar-refractivity contribution in [2.45, 2.75) is 19.9 Å². The number of carbonyl (C=O) groups excluding carboxylic acids is 1. The van der Waals surface area contributed by atoms with Crippen molar-refractivity contribution in [1.82, 2.24) is 9.55 Å². The second-order valence-corrected chi connectivity index (χ2v) is 8.57. The molecule has 4 aromatic rings. The molecule has 0 atom stereocenters. The first-order valence-corrected chi connectivity index (χ1v) is 10.6. The molecule has 2 N–H and O–H groups in total. The number of hydrogen-bond acceptors (Lipinski definition) is 5. The summed E-state index contributed by atoms with van der Waals surface area (Å²) in [6.45, 7) is 1.96. The maximum absolute atomic E-state index is 13.5. The van der Waals surface area contributed by atoms with Gasteiger partial charge in [-0.1, -0.05) is 35.9 Å². The lowest BCUT2D eigenvalue weighted by Gasteiger charge is -2.13. The fraction of sp³-hybridized carbons (Fsp3) is 0.130. The molecule has 0 radical (unpaired) electrons. The van der Waals surface area contributed by atoms with Crippen LogP contribution in [0.25, 0.3) is 10.2 Å². The number of benzene rings is 2. The molecule has 0 saturated heterocycles. The topological polar surface area (TPSA) is 102 Å². The van der Waals surface area contributed by atoms with Crippen LogP contribution in [0.1, 0.15) is 37.7 Å². The molecule has 31 heavy (non-hydrogen) atoms. The van der Waals surface area contributed by atoms with Crippen molar-refractivity contribution < 1.29 is 4.79 Å². The highest BCUT2D eigenvalue weighted by Gasteiger charge is 2.20. The van der Waals surface area contributed by atoms with Crippen LogP contribution in [-0.4, -0.2) is 15.5 Å². The van der Waals surface area contributed by atoms with Gasteiger partial charge in [0.1, 0.15) is 10.7 Å². The van der Waals surface area contributed by atoms with E-state index in [0.717, 1.165) is 22.5 Å². The van der Waals surface area contributed by atoms with Gasteiger partial charge in [0.05, 0.1) is 28.4 Å². The van der Waals surface area contributed by atoms with Crippen molar-refractivity contribution in [1.29, 1.82) is 5.26 Å². The van der Waals surface area contributed by atoms with Crippen LogP contribution in [0.4, 0.5) is 0 Å². The SMILES string of the molecule is Cc1c(C(N)=O)sc2nc(Cc3ccc(Cl)cc3)n(Cc3cccc(C#N)c3)c(=O)c12. The van der Waals surface area contributed by atoms with Crippen LogP contribution < -0.4 is 11.3 Å². The predicted molar refractivity (Wildman–Crippen MR) is 122 cm³/mol. The molecular formula is C23H17ClN4O2S. The standard InChI is InChI=1S/C23H17ClN4O2S/c1-13-19-22(31-20(13)21(26)29)27-18(10-14-5-7-17(24)8-6-14)28(23(19)30)12-16-4-2-3-15(9-16)11-25/h2-9H,10,12H2,1H3,(H2,26,29). The average Bonchev–Trinajstić information content (AvgIpc) is 3.09. The fourth-order valence-corrected chi connectivity index (χ4v) is 4.67. The number of nitrogens with two attached hydrogens (primary N) is 1. The van der Waals surface area contributed by atoms with Gasteiger partial charge >= 0.3 is 0 Å². The fourth-order valence-electron chi connectivity index (χ4n) is 3.50. The number of hydrogen-bond donors (Lipinski definition) is 1. The summed E-state index contributed by atoms with van der Waals surface area (Å²) in [5, 5.41) is 10.2. The van der Waals surface area contributed by atoms with Crippen LogP contribution in [0.15, 0.2) is 53.3 Å². The van der Waals surface area contributed by atoms with Crippen LogP contribution in [0.2, 0.25) is 5.02 Å². The molecule has 0 bridgehead atoms. The van der Waals surface area contributed by atoms with Gasteiger partial charge in [0.2, 0.25) is 0 Å². The summed E-state index contributed by atoms with van der Waals surface area (Å²) in [6, 6.07) is 16.6. The van der Waals surface area contributed by atoms with E-state index >= 15 is 0 Å². The Hall–Kier alpha value is -3.47. The van der Waals surface area contributed by atoms with Crippen molar-refractivity contribution in [3.63, 3.8) is 0 Å². The summed E-state index contributed by atoms with van der Waals surface area (Å²) in [7, 11) is 0. The molecule has 0 spiro atoms. The number of halogens is 1. The van der Waals surface area contributed by atoms with Crippen LogP contribution in [0, 0.1) is 18.3 Å². The predicted octanol–water partition coefficient (Wildman–Crippen LogP) is 4.03. The van der Waals surface area contributed by atoms with Crippen LogP contribution in [0.3, 0.4) is 0 Å². The molecule has 0 unspecified atom stereocenters. The zero-order valence-corrected chi connectivity index (χ0v) is 18.1. The van der Waals surface area contributed by atoms with E-state index in [0.29, 0.717) is 43.5 Å².